The Morgan fingerprint density at radius 2 is 1.97 bits per heavy atom. The molecular formula is C25H23BrClNO6. The second-order valence-electron chi connectivity index (χ2n) is 7.82. The van der Waals surface area contributed by atoms with E-state index >= 15 is 0 Å². The van der Waals surface area contributed by atoms with E-state index in [1.165, 1.54) is 14.2 Å². The molecule has 0 fully saturated rings. The normalized spacial score (nSPS) is 17.8. The smallest absolute Gasteiger partial charge is 0.340 e. The van der Waals surface area contributed by atoms with E-state index in [0.717, 1.165) is 5.56 Å². The number of hydrogen-bond acceptors (Lipinski definition) is 7. The van der Waals surface area contributed by atoms with Crippen molar-refractivity contribution in [2.45, 2.75) is 31.8 Å². The number of carbonyl (C=O) groups excluding carboxylic acids is 2. The molecule has 0 bridgehead atoms. The van der Waals surface area contributed by atoms with Crippen LogP contribution in [0.2, 0.25) is 5.02 Å². The van der Waals surface area contributed by atoms with Crippen LogP contribution in [0.25, 0.3) is 0 Å². The molecule has 178 valence electrons. The molecule has 0 amide bonds. The van der Waals surface area contributed by atoms with E-state index in [4.69, 9.17) is 36.3 Å². The molecular weight excluding hydrogens is 526 g/mol. The van der Waals surface area contributed by atoms with Crippen molar-refractivity contribution in [1.82, 2.24) is 0 Å². The van der Waals surface area contributed by atoms with Crippen molar-refractivity contribution in [2.24, 2.45) is 5.73 Å². The van der Waals surface area contributed by atoms with Crippen molar-refractivity contribution >= 4 is 39.3 Å². The first kappa shape index (κ1) is 24.2. The first-order chi connectivity index (χ1) is 16.3. The van der Waals surface area contributed by atoms with Gasteiger partial charge < -0.3 is 24.7 Å². The molecule has 0 aromatic heterocycles. The van der Waals surface area contributed by atoms with Crippen molar-refractivity contribution in [1.29, 1.82) is 0 Å². The highest BCUT2D eigenvalue weighted by Crippen LogP contribution is 2.48. The molecule has 7 nitrogen and oxygen atoms in total. The molecule has 0 saturated heterocycles. The minimum Gasteiger partial charge on any atom is -0.493 e. The van der Waals surface area contributed by atoms with Crippen LogP contribution >= 0.6 is 27.5 Å². The largest absolute Gasteiger partial charge is 0.493 e. The molecule has 2 N–H and O–H groups in total. The van der Waals surface area contributed by atoms with Gasteiger partial charge in [0.15, 0.2) is 17.3 Å². The first-order valence-electron chi connectivity index (χ1n) is 10.6. The van der Waals surface area contributed by atoms with Gasteiger partial charge in [-0.15, -0.1) is 0 Å². The zero-order chi connectivity index (χ0) is 24.4. The van der Waals surface area contributed by atoms with Crippen molar-refractivity contribution < 1.29 is 28.5 Å². The summed E-state index contributed by atoms with van der Waals surface area (Å²) in [5, 5.41) is 0.595. The molecule has 0 unspecified atom stereocenters. The Labute approximate surface area is 210 Å². The minimum atomic E-state index is -0.773. The van der Waals surface area contributed by atoms with Gasteiger partial charge in [-0.25, -0.2) is 4.79 Å². The van der Waals surface area contributed by atoms with Gasteiger partial charge in [-0.1, -0.05) is 45.7 Å². The molecule has 0 spiro atoms. The summed E-state index contributed by atoms with van der Waals surface area (Å²) >= 11 is 9.83. The standard InChI is InChI=1S/C25H23BrClNO6/c1-31-19-10-14(15(26)11-20(19)33-12-13-6-3-4-7-16(13)27)21-22-17(29)8-5-9-18(22)34-24(28)23(21)25(30)32-2/h3-4,6-7,10-11,21H,5,8-9,12,28H2,1-2H3/t21-/m1/s1. The Morgan fingerprint density at radius 3 is 2.68 bits per heavy atom. The lowest BCUT2D eigenvalue weighted by Gasteiger charge is -2.33. The van der Waals surface area contributed by atoms with E-state index in [-0.39, 0.29) is 23.8 Å². The number of esters is 1. The van der Waals surface area contributed by atoms with Crippen molar-refractivity contribution in [3.63, 3.8) is 0 Å². The quantitative estimate of drug-likeness (QED) is 0.498. The number of ether oxygens (including phenoxy) is 4. The van der Waals surface area contributed by atoms with Gasteiger partial charge in [0.1, 0.15) is 17.9 Å². The second kappa shape index (κ2) is 10.1. The zero-order valence-electron chi connectivity index (χ0n) is 18.7. The topological polar surface area (TPSA) is 97.1 Å². The second-order valence-corrected chi connectivity index (χ2v) is 9.08. The van der Waals surface area contributed by atoms with Crippen LogP contribution in [0.4, 0.5) is 0 Å². The number of methoxy groups -OCH3 is 2. The molecule has 2 aliphatic rings. The zero-order valence-corrected chi connectivity index (χ0v) is 21.0. The SMILES string of the molecule is COC(=O)C1=C(N)OC2=C(C(=O)CCC2)[C@H]1c1cc(OC)c(OCc2ccccc2Cl)cc1Br. The predicted octanol–water partition coefficient (Wildman–Crippen LogP) is 5.15. The number of halogens is 2. The van der Waals surface area contributed by atoms with Crippen molar-refractivity contribution in [3.8, 4) is 11.5 Å². The monoisotopic (exact) mass is 547 g/mol. The van der Waals surface area contributed by atoms with Gasteiger partial charge in [-0.3, -0.25) is 4.79 Å². The molecule has 1 atom stereocenters. The van der Waals surface area contributed by atoms with Crippen LogP contribution in [0.15, 0.2) is 63.7 Å². The Kier molecular flexibility index (Phi) is 7.19. The first-order valence-corrected chi connectivity index (χ1v) is 11.8. The van der Waals surface area contributed by atoms with Crippen LogP contribution in [-0.2, 0) is 25.7 Å². The third-order valence-corrected chi connectivity index (χ3v) is 6.88. The average molecular weight is 549 g/mol. The van der Waals surface area contributed by atoms with Gasteiger partial charge in [-0.05, 0) is 30.2 Å². The van der Waals surface area contributed by atoms with Crippen molar-refractivity contribution in [3.05, 3.63) is 79.8 Å². The summed E-state index contributed by atoms with van der Waals surface area (Å²) in [5.41, 5.74) is 8.05. The van der Waals surface area contributed by atoms with Crippen LogP contribution in [0.1, 0.15) is 36.3 Å². The van der Waals surface area contributed by atoms with E-state index in [1.54, 1.807) is 18.2 Å². The lowest BCUT2D eigenvalue weighted by atomic mass is 9.77. The summed E-state index contributed by atoms with van der Waals surface area (Å²) in [6.07, 6.45) is 1.58. The molecule has 1 aliphatic carbocycles. The summed E-state index contributed by atoms with van der Waals surface area (Å²) < 4.78 is 22.9. The highest BCUT2D eigenvalue weighted by Gasteiger charge is 2.42. The Balaban J connectivity index is 1.78. The van der Waals surface area contributed by atoms with E-state index in [0.29, 0.717) is 57.2 Å². The summed E-state index contributed by atoms with van der Waals surface area (Å²) in [6, 6.07) is 10.9. The van der Waals surface area contributed by atoms with E-state index in [1.807, 2.05) is 18.2 Å². The fourth-order valence-electron chi connectivity index (χ4n) is 4.19. The van der Waals surface area contributed by atoms with E-state index in [9.17, 15) is 9.59 Å². The van der Waals surface area contributed by atoms with Crippen LogP contribution in [0.3, 0.4) is 0 Å². The van der Waals surface area contributed by atoms with Crippen LogP contribution in [0.5, 0.6) is 11.5 Å². The molecule has 4 rings (SSSR count). The Bertz CT molecular complexity index is 1220. The maximum absolute atomic E-state index is 13.0. The number of hydrogen-bond donors (Lipinski definition) is 1. The van der Waals surface area contributed by atoms with Gasteiger partial charge in [0, 0.05) is 33.5 Å². The number of ketones is 1. The number of nitrogens with two attached hydrogens (primary N) is 1. The highest BCUT2D eigenvalue weighted by atomic mass is 79.9. The fraction of sp³-hybridized carbons (Fsp3) is 0.280. The van der Waals surface area contributed by atoms with Crippen molar-refractivity contribution in [2.75, 3.05) is 14.2 Å². The maximum Gasteiger partial charge on any atom is 0.340 e. The highest BCUT2D eigenvalue weighted by molar-refractivity contribution is 9.10. The van der Waals surface area contributed by atoms with Gasteiger partial charge in [0.25, 0.3) is 0 Å². The van der Waals surface area contributed by atoms with Crippen LogP contribution in [0, 0.1) is 0 Å². The minimum absolute atomic E-state index is 0.0731. The summed E-state index contributed by atoms with van der Waals surface area (Å²) in [5.74, 6) is -0.241. The molecule has 9 heteroatoms. The number of Topliss-reactive ketones (excluding diaryl/α,β-unsaturated/α-hetero) is 1. The number of allylic oxidation sites excluding steroid dienone is 2. The van der Waals surface area contributed by atoms with E-state index in [2.05, 4.69) is 15.9 Å². The fourth-order valence-corrected chi connectivity index (χ4v) is 4.93. The van der Waals surface area contributed by atoms with E-state index < -0.39 is 11.9 Å². The maximum atomic E-state index is 13.0. The third-order valence-electron chi connectivity index (χ3n) is 5.82. The van der Waals surface area contributed by atoms with Gasteiger partial charge in [0.05, 0.1) is 20.1 Å². The van der Waals surface area contributed by atoms with Gasteiger partial charge in [-0.2, -0.15) is 0 Å². The number of carbonyl (C=O) groups is 2. The molecule has 2 aromatic carbocycles. The summed E-state index contributed by atoms with van der Waals surface area (Å²) in [4.78, 5) is 25.7. The predicted molar refractivity (Wildman–Crippen MR) is 129 cm³/mol. The molecule has 0 saturated carbocycles. The third kappa shape index (κ3) is 4.52. The lowest BCUT2D eigenvalue weighted by molar-refractivity contribution is -0.136. The van der Waals surface area contributed by atoms with Crippen LogP contribution < -0.4 is 15.2 Å². The molecule has 1 aliphatic heterocycles. The van der Waals surface area contributed by atoms with Gasteiger partial charge in [0.2, 0.25) is 5.88 Å². The van der Waals surface area contributed by atoms with Crippen LogP contribution in [-0.4, -0.2) is 26.0 Å². The number of rotatable bonds is 6. The lowest BCUT2D eigenvalue weighted by Crippen LogP contribution is -2.31. The molecule has 1 heterocycles. The summed E-state index contributed by atoms with van der Waals surface area (Å²) in [6.45, 7) is 0.229. The Morgan fingerprint density at radius 1 is 1.21 bits per heavy atom. The van der Waals surface area contributed by atoms with Gasteiger partial charge >= 0.3 is 5.97 Å². The molecule has 34 heavy (non-hydrogen) atoms. The summed E-state index contributed by atoms with van der Waals surface area (Å²) in [7, 11) is 2.77. The molecule has 0 radical (unpaired) electrons. The Hall–Kier alpha value is -2.97. The average Bonchev–Trinajstić information content (AvgIpc) is 2.82. The number of benzene rings is 2. The molecule has 2 aromatic rings.